The first-order valence-corrected chi connectivity index (χ1v) is 10.5. The number of unbranched alkanes of at least 4 members (excludes halogenated alkanes) is 2. The second-order valence-electron chi connectivity index (χ2n) is 8.01. The van der Waals surface area contributed by atoms with Crippen LogP contribution < -0.4 is 0 Å². The quantitative estimate of drug-likeness (QED) is 0.512. The minimum Gasteiger partial charge on any atom is -0.353 e. The van der Waals surface area contributed by atoms with Gasteiger partial charge in [0, 0.05) is 37.9 Å². The molecule has 1 atom stereocenters. The molecule has 0 aliphatic carbocycles. The van der Waals surface area contributed by atoms with E-state index in [1.807, 2.05) is 41.8 Å². The zero-order valence-corrected chi connectivity index (χ0v) is 18.2. The highest BCUT2D eigenvalue weighted by molar-refractivity contribution is 5.85. The van der Waals surface area contributed by atoms with Crippen LogP contribution in [-0.4, -0.2) is 45.3 Å². The van der Waals surface area contributed by atoms with Gasteiger partial charge in [-0.1, -0.05) is 40.5 Å². The van der Waals surface area contributed by atoms with E-state index < -0.39 is 0 Å². The van der Waals surface area contributed by atoms with Gasteiger partial charge in [0.15, 0.2) is 0 Å². The summed E-state index contributed by atoms with van der Waals surface area (Å²) < 4.78 is 2.04. The van der Waals surface area contributed by atoms with Crippen LogP contribution in [0.4, 0.5) is 0 Å². The predicted molar refractivity (Wildman–Crippen MR) is 111 cm³/mol. The Morgan fingerprint density at radius 1 is 1.11 bits per heavy atom. The molecule has 0 spiro atoms. The molecule has 0 bridgehead atoms. The average molecular weight is 378 g/mol. The first-order valence-electron chi connectivity index (χ1n) is 10.5. The summed E-state index contributed by atoms with van der Waals surface area (Å²) in [6.07, 6.45) is 6.43. The summed E-state index contributed by atoms with van der Waals surface area (Å²) in [5.41, 5.74) is 1.10. The van der Waals surface area contributed by atoms with Crippen molar-refractivity contribution < 1.29 is 9.59 Å². The second-order valence-corrected chi connectivity index (χ2v) is 8.01. The lowest BCUT2D eigenvalue weighted by atomic mass is 10.1. The first-order chi connectivity index (χ1) is 12.8. The zero-order chi connectivity index (χ0) is 20.4. The molecule has 1 rings (SSSR count). The summed E-state index contributed by atoms with van der Waals surface area (Å²) in [7, 11) is 2.00. The van der Waals surface area contributed by atoms with E-state index in [1.54, 1.807) is 4.90 Å². The molecule has 1 unspecified atom stereocenters. The van der Waals surface area contributed by atoms with Gasteiger partial charge in [-0.3, -0.25) is 9.59 Å². The molecule has 1 heterocycles. The van der Waals surface area contributed by atoms with E-state index in [2.05, 4.69) is 27.7 Å². The number of carbonyl (C=O) groups excluding carboxylic acids is 2. The standard InChI is InChI=1S/C22H39N3O2/c1-7-9-10-13-21(26)25(19(5)8-2)17-22(27)24(15-18(3)4)16-20-12-11-14-23(20)6/h11-12,14,18-19H,7-10,13,15-17H2,1-6H3. The Morgan fingerprint density at radius 3 is 2.33 bits per heavy atom. The third-order valence-corrected chi connectivity index (χ3v) is 5.09. The number of hydrogen-bond acceptors (Lipinski definition) is 2. The van der Waals surface area contributed by atoms with Crippen molar-refractivity contribution in [2.75, 3.05) is 13.1 Å². The maximum Gasteiger partial charge on any atom is 0.242 e. The van der Waals surface area contributed by atoms with Gasteiger partial charge < -0.3 is 14.4 Å². The van der Waals surface area contributed by atoms with Gasteiger partial charge in [0.05, 0.1) is 13.1 Å². The topological polar surface area (TPSA) is 45.6 Å². The van der Waals surface area contributed by atoms with Gasteiger partial charge in [-0.15, -0.1) is 0 Å². The van der Waals surface area contributed by atoms with Gasteiger partial charge in [0.1, 0.15) is 0 Å². The monoisotopic (exact) mass is 377 g/mol. The third kappa shape index (κ3) is 7.77. The van der Waals surface area contributed by atoms with E-state index in [9.17, 15) is 9.59 Å². The molecular weight excluding hydrogens is 338 g/mol. The highest BCUT2D eigenvalue weighted by Gasteiger charge is 2.25. The number of hydrogen-bond donors (Lipinski definition) is 0. The molecule has 154 valence electrons. The predicted octanol–water partition coefficient (Wildman–Crippen LogP) is 4.22. The smallest absolute Gasteiger partial charge is 0.242 e. The molecule has 0 aliphatic heterocycles. The molecule has 5 heteroatoms. The third-order valence-electron chi connectivity index (χ3n) is 5.09. The lowest BCUT2D eigenvalue weighted by Gasteiger charge is -2.32. The second kappa shape index (κ2) is 11.8. The number of amides is 2. The molecule has 2 amide bonds. The lowest BCUT2D eigenvalue weighted by Crippen LogP contribution is -2.47. The Hall–Kier alpha value is -1.78. The van der Waals surface area contributed by atoms with E-state index in [0.29, 0.717) is 25.4 Å². The summed E-state index contributed by atoms with van der Waals surface area (Å²) in [4.78, 5) is 29.5. The van der Waals surface area contributed by atoms with Crippen LogP contribution in [0.25, 0.3) is 0 Å². The highest BCUT2D eigenvalue weighted by Crippen LogP contribution is 2.13. The van der Waals surface area contributed by atoms with Crippen LogP contribution in [0, 0.1) is 5.92 Å². The fourth-order valence-electron chi connectivity index (χ4n) is 3.18. The van der Waals surface area contributed by atoms with Crippen LogP contribution in [0.1, 0.15) is 72.4 Å². The highest BCUT2D eigenvalue weighted by atomic mass is 16.2. The molecule has 0 saturated carbocycles. The molecular formula is C22H39N3O2. The van der Waals surface area contributed by atoms with E-state index >= 15 is 0 Å². The summed E-state index contributed by atoms with van der Waals surface area (Å²) in [5, 5.41) is 0. The van der Waals surface area contributed by atoms with Crippen molar-refractivity contribution >= 4 is 11.8 Å². The molecule has 0 saturated heterocycles. The van der Waals surface area contributed by atoms with Gasteiger partial charge in [-0.05, 0) is 37.8 Å². The van der Waals surface area contributed by atoms with Gasteiger partial charge in [0.25, 0.3) is 0 Å². The van der Waals surface area contributed by atoms with E-state index in [0.717, 1.165) is 31.4 Å². The number of aromatic nitrogens is 1. The molecule has 0 N–H and O–H groups in total. The van der Waals surface area contributed by atoms with Crippen molar-refractivity contribution in [3.05, 3.63) is 24.0 Å². The molecule has 0 fully saturated rings. The largest absolute Gasteiger partial charge is 0.353 e. The number of nitrogens with zero attached hydrogens (tertiary/aromatic N) is 3. The summed E-state index contributed by atoms with van der Waals surface area (Å²) in [5.74, 6) is 0.523. The number of aryl methyl sites for hydroxylation is 1. The maximum absolute atomic E-state index is 13.1. The summed E-state index contributed by atoms with van der Waals surface area (Å²) in [6.45, 7) is 11.9. The number of rotatable bonds is 12. The molecule has 1 aromatic heterocycles. The minimum absolute atomic E-state index is 0.0361. The Bertz CT molecular complexity index is 580. The SMILES string of the molecule is CCCCCC(=O)N(CC(=O)N(Cc1cccn1C)CC(C)C)C(C)CC. The van der Waals surface area contributed by atoms with Crippen molar-refractivity contribution in [3.63, 3.8) is 0 Å². The van der Waals surface area contributed by atoms with Crippen molar-refractivity contribution in [2.24, 2.45) is 13.0 Å². The Kier molecular flexibility index (Phi) is 10.2. The molecule has 5 nitrogen and oxygen atoms in total. The molecule has 27 heavy (non-hydrogen) atoms. The summed E-state index contributed by atoms with van der Waals surface area (Å²) in [6, 6.07) is 4.12. The van der Waals surface area contributed by atoms with Crippen molar-refractivity contribution in [1.82, 2.24) is 14.4 Å². The van der Waals surface area contributed by atoms with Crippen molar-refractivity contribution in [1.29, 1.82) is 0 Å². The fourth-order valence-corrected chi connectivity index (χ4v) is 3.18. The van der Waals surface area contributed by atoms with Crippen LogP contribution in [0.3, 0.4) is 0 Å². The Morgan fingerprint density at radius 2 is 1.81 bits per heavy atom. The van der Waals surface area contributed by atoms with E-state index in [1.165, 1.54) is 0 Å². The van der Waals surface area contributed by atoms with Crippen LogP contribution in [-0.2, 0) is 23.2 Å². The van der Waals surface area contributed by atoms with Gasteiger partial charge in [-0.2, -0.15) is 0 Å². The van der Waals surface area contributed by atoms with Gasteiger partial charge >= 0.3 is 0 Å². The van der Waals surface area contributed by atoms with Gasteiger partial charge in [0.2, 0.25) is 11.8 Å². The van der Waals surface area contributed by atoms with E-state index in [-0.39, 0.29) is 24.4 Å². The van der Waals surface area contributed by atoms with Crippen LogP contribution in [0.5, 0.6) is 0 Å². The lowest BCUT2D eigenvalue weighted by molar-refractivity contribution is -0.143. The van der Waals surface area contributed by atoms with Crippen LogP contribution >= 0.6 is 0 Å². The maximum atomic E-state index is 13.1. The van der Waals surface area contributed by atoms with Gasteiger partial charge in [-0.25, -0.2) is 0 Å². The molecule has 1 aromatic rings. The summed E-state index contributed by atoms with van der Waals surface area (Å²) >= 11 is 0. The minimum atomic E-state index is 0.0361. The van der Waals surface area contributed by atoms with E-state index in [4.69, 9.17) is 0 Å². The Labute approximate surface area is 165 Å². The molecule has 0 radical (unpaired) electrons. The first kappa shape index (κ1) is 23.3. The zero-order valence-electron chi connectivity index (χ0n) is 18.2. The van der Waals surface area contributed by atoms with Crippen molar-refractivity contribution in [3.8, 4) is 0 Å². The van der Waals surface area contributed by atoms with Crippen LogP contribution in [0.2, 0.25) is 0 Å². The van der Waals surface area contributed by atoms with Crippen LogP contribution in [0.15, 0.2) is 18.3 Å². The molecule has 0 aromatic carbocycles. The number of carbonyl (C=O) groups is 2. The fraction of sp³-hybridized carbons (Fsp3) is 0.727. The van der Waals surface area contributed by atoms with Crippen molar-refractivity contribution in [2.45, 2.75) is 79.3 Å². The average Bonchev–Trinajstić information content (AvgIpc) is 3.02. The molecule has 0 aliphatic rings. The Balaban J connectivity index is 2.86. The normalized spacial score (nSPS) is 12.3.